The Morgan fingerprint density at radius 3 is 2.92 bits per heavy atom. The highest BCUT2D eigenvalue weighted by molar-refractivity contribution is 5.27. The van der Waals surface area contributed by atoms with E-state index >= 15 is 0 Å². The van der Waals surface area contributed by atoms with Crippen molar-refractivity contribution in [3.8, 4) is 5.75 Å². The normalized spacial score (nSPS) is 9.67. The van der Waals surface area contributed by atoms with E-state index in [1.165, 1.54) is 12.3 Å². The first-order chi connectivity index (χ1) is 5.66. The largest absolute Gasteiger partial charge is 0.503 e. The van der Waals surface area contributed by atoms with E-state index in [-0.39, 0.29) is 12.1 Å². The number of rotatable bonds is 2. The fourth-order valence-electron chi connectivity index (χ4n) is 0.885. The first kappa shape index (κ1) is 8.39. The molecule has 1 aromatic rings. The predicted octanol–water partition coefficient (Wildman–Crippen LogP) is 0.520. The van der Waals surface area contributed by atoms with Gasteiger partial charge in [0.1, 0.15) is 5.69 Å². The van der Waals surface area contributed by atoms with Crippen LogP contribution in [0.3, 0.4) is 0 Å². The Balaban J connectivity index is 3.32. The van der Waals surface area contributed by atoms with Crippen LogP contribution >= 0.6 is 0 Å². The molecular weight excluding hydrogens is 158 g/mol. The third-order valence-electron chi connectivity index (χ3n) is 1.49. The molecule has 0 saturated heterocycles. The quantitative estimate of drug-likeness (QED) is 0.498. The standard InChI is InChI=1S/C8H9NO3/c1-2-3-6-8(11)7(10)4-5-9(6)12/h2,4-5,11-12H,1,3H2. The summed E-state index contributed by atoms with van der Waals surface area (Å²) >= 11 is 0. The number of hydrogen-bond donors (Lipinski definition) is 2. The van der Waals surface area contributed by atoms with Crippen LogP contribution in [-0.4, -0.2) is 15.0 Å². The van der Waals surface area contributed by atoms with E-state index in [1.807, 2.05) is 0 Å². The molecule has 1 heterocycles. The van der Waals surface area contributed by atoms with Crippen LogP contribution in [0.25, 0.3) is 0 Å². The molecule has 4 nitrogen and oxygen atoms in total. The molecule has 0 radical (unpaired) electrons. The van der Waals surface area contributed by atoms with Crippen molar-refractivity contribution in [1.82, 2.24) is 4.73 Å². The van der Waals surface area contributed by atoms with Crippen molar-refractivity contribution in [2.45, 2.75) is 6.42 Å². The van der Waals surface area contributed by atoms with Gasteiger partial charge in [0.05, 0.1) is 0 Å². The van der Waals surface area contributed by atoms with Crippen LogP contribution in [0.5, 0.6) is 5.75 Å². The second-order valence-electron chi connectivity index (χ2n) is 2.31. The van der Waals surface area contributed by atoms with Crippen LogP contribution in [0.4, 0.5) is 0 Å². The van der Waals surface area contributed by atoms with Gasteiger partial charge >= 0.3 is 0 Å². The summed E-state index contributed by atoms with van der Waals surface area (Å²) in [4.78, 5) is 10.9. The fourth-order valence-corrected chi connectivity index (χ4v) is 0.885. The van der Waals surface area contributed by atoms with E-state index in [4.69, 9.17) is 10.3 Å². The lowest BCUT2D eigenvalue weighted by Crippen LogP contribution is -2.09. The van der Waals surface area contributed by atoms with Gasteiger partial charge in [-0.1, -0.05) is 6.08 Å². The molecule has 4 heteroatoms. The maximum atomic E-state index is 10.9. The first-order valence-electron chi connectivity index (χ1n) is 3.40. The maximum absolute atomic E-state index is 10.9. The highest BCUT2D eigenvalue weighted by Crippen LogP contribution is 2.10. The van der Waals surface area contributed by atoms with Crippen molar-refractivity contribution in [3.05, 3.63) is 40.8 Å². The van der Waals surface area contributed by atoms with Gasteiger partial charge in [0.15, 0.2) is 5.75 Å². The molecule has 0 aromatic carbocycles. The van der Waals surface area contributed by atoms with Crippen molar-refractivity contribution in [1.29, 1.82) is 0 Å². The van der Waals surface area contributed by atoms with E-state index in [0.717, 1.165) is 6.07 Å². The first-order valence-corrected chi connectivity index (χ1v) is 3.40. The molecule has 0 spiro atoms. The Labute approximate surface area is 69.0 Å². The molecular formula is C8H9NO3. The summed E-state index contributed by atoms with van der Waals surface area (Å²) in [7, 11) is 0. The zero-order valence-corrected chi connectivity index (χ0v) is 6.40. The summed E-state index contributed by atoms with van der Waals surface area (Å²) < 4.78 is 0.707. The minimum absolute atomic E-state index is 0.150. The Kier molecular flexibility index (Phi) is 2.19. The van der Waals surface area contributed by atoms with Crippen LogP contribution in [0, 0.1) is 0 Å². The van der Waals surface area contributed by atoms with E-state index in [0.29, 0.717) is 4.73 Å². The van der Waals surface area contributed by atoms with Crippen molar-refractivity contribution in [2.24, 2.45) is 0 Å². The van der Waals surface area contributed by atoms with Gasteiger partial charge < -0.3 is 10.3 Å². The molecule has 0 saturated carbocycles. The minimum atomic E-state index is -0.503. The Morgan fingerprint density at radius 1 is 1.67 bits per heavy atom. The van der Waals surface area contributed by atoms with Gasteiger partial charge in [0.2, 0.25) is 5.43 Å². The average molecular weight is 167 g/mol. The zero-order chi connectivity index (χ0) is 9.14. The van der Waals surface area contributed by atoms with Crippen molar-refractivity contribution in [2.75, 3.05) is 0 Å². The molecule has 12 heavy (non-hydrogen) atoms. The summed E-state index contributed by atoms with van der Waals surface area (Å²) in [5.41, 5.74) is -0.352. The molecule has 2 N–H and O–H groups in total. The predicted molar refractivity (Wildman–Crippen MR) is 43.5 cm³/mol. The van der Waals surface area contributed by atoms with E-state index in [9.17, 15) is 4.79 Å². The lowest BCUT2D eigenvalue weighted by atomic mass is 10.2. The molecule has 64 valence electrons. The molecule has 0 amide bonds. The summed E-state index contributed by atoms with van der Waals surface area (Å²) in [5, 5.41) is 18.3. The molecule has 0 bridgehead atoms. The zero-order valence-electron chi connectivity index (χ0n) is 6.40. The SMILES string of the molecule is C=CCc1c(O)c(=O)ccn1O. The summed E-state index contributed by atoms with van der Waals surface area (Å²) in [6.45, 7) is 3.43. The third kappa shape index (κ3) is 1.32. The van der Waals surface area contributed by atoms with Gasteiger partial charge in [-0.3, -0.25) is 4.79 Å². The van der Waals surface area contributed by atoms with Crippen molar-refractivity contribution >= 4 is 0 Å². The van der Waals surface area contributed by atoms with Crippen LogP contribution in [0.15, 0.2) is 29.7 Å². The minimum Gasteiger partial charge on any atom is -0.503 e. The number of nitrogens with zero attached hydrogens (tertiary/aromatic N) is 1. The number of hydrogen-bond acceptors (Lipinski definition) is 3. The van der Waals surface area contributed by atoms with Crippen LogP contribution < -0.4 is 5.43 Å². The fraction of sp³-hybridized carbons (Fsp3) is 0.125. The highest BCUT2D eigenvalue weighted by Gasteiger charge is 2.06. The smallest absolute Gasteiger partial charge is 0.223 e. The van der Waals surface area contributed by atoms with Gasteiger partial charge in [-0.25, -0.2) is 0 Å². The van der Waals surface area contributed by atoms with Gasteiger partial charge in [-0.15, -0.1) is 6.58 Å². The monoisotopic (exact) mass is 167 g/mol. The molecule has 0 aliphatic heterocycles. The molecule has 0 atom stereocenters. The molecule has 0 unspecified atom stereocenters. The van der Waals surface area contributed by atoms with Crippen molar-refractivity contribution < 1.29 is 10.3 Å². The second-order valence-corrected chi connectivity index (χ2v) is 2.31. The Hall–Kier alpha value is -1.71. The topological polar surface area (TPSA) is 62.5 Å². The van der Waals surface area contributed by atoms with Crippen LogP contribution in [-0.2, 0) is 6.42 Å². The van der Waals surface area contributed by atoms with Gasteiger partial charge in [0, 0.05) is 18.7 Å². The summed E-state index contributed by atoms with van der Waals surface area (Å²) in [6, 6.07) is 1.09. The lowest BCUT2D eigenvalue weighted by Gasteiger charge is -2.05. The van der Waals surface area contributed by atoms with Crippen LogP contribution in [0.2, 0.25) is 0 Å². The van der Waals surface area contributed by atoms with Gasteiger partial charge in [0.25, 0.3) is 0 Å². The number of allylic oxidation sites excluding steroid dienone is 1. The number of aromatic nitrogens is 1. The van der Waals surface area contributed by atoms with Gasteiger partial charge in [-0.05, 0) is 0 Å². The molecule has 0 fully saturated rings. The van der Waals surface area contributed by atoms with E-state index in [1.54, 1.807) is 0 Å². The van der Waals surface area contributed by atoms with Crippen LogP contribution in [0.1, 0.15) is 5.69 Å². The molecule has 1 rings (SSSR count). The molecule has 1 aromatic heterocycles. The van der Waals surface area contributed by atoms with E-state index in [2.05, 4.69) is 6.58 Å². The lowest BCUT2D eigenvalue weighted by molar-refractivity contribution is 0.172. The summed E-state index contributed by atoms with van der Waals surface area (Å²) in [6.07, 6.45) is 2.92. The molecule has 0 aliphatic carbocycles. The number of aromatic hydroxyl groups is 1. The maximum Gasteiger partial charge on any atom is 0.223 e. The highest BCUT2D eigenvalue weighted by atomic mass is 16.5. The van der Waals surface area contributed by atoms with E-state index < -0.39 is 11.2 Å². The number of pyridine rings is 1. The average Bonchev–Trinajstić information content (AvgIpc) is 2.06. The Bertz CT molecular complexity index is 354. The third-order valence-corrected chi connectivity index (χ3v) is 1.49. The Morgan fingerprint density at radius 2 is 2.33 bits per heavy atom. The van der Waals surface area contributed by atoms with Crippen molar-refractivity contribution in [3.63, 3.8) is 0 Å². The second kappa shape index (κ2) is 3.13. The molecule has 0 aliphatic rings. The van der Waals surface area contributed by atoms with Gasteiger partial charge in [-0.2, -0.15) is 4.73 Å². The summed E-state index contributed by atoms with van der Waals surface area (Å²) in [5.74, 6) is -0.431.